The lowest BCUT2D eigenvalue weighted by Gasteiger charge is -2.15. The number of carboxylic acids is 1. The summed E-state index contributed by atoms with van der Waals surface area (Å²) in [4.78, 5) is 10.7. The smallest absolute Gasteiger partial charge is 0.306 e. The molecule has 5 heteroatoms. The van der Waals surface area contributed by atoms with E-state index in [9.17, 15) is 9.18 Å². The van der Waals surface area contributed by atoms with E-state index in [0.29, 0.717) is 24.1 Å². The van der Waals surface area contributed by atoms with Gasteiger partial charge in [0.05, 0.1) is 17.6 Å². The van der Waals surface area contributed by atoms with E-state index in [1.807, 2.05) is 13.0 Å². The van der Waals surface area contributed by atoms with E-state index in [1.165, 1.54) is 18.2 Å². The molecule has 0 saturated carbocycles. The third-order valence-electron chi connectivity index (χ3n) is 3.52. The van der Waals surface area contributed by atoms with Gasteiger partial charge in [0.1, 0.15) is 5.82 Å². The van der Waals surface area contributed by atoms with Crippen LogP contribution in [-0.2, 0) is 11.3 Å². The van der Waals surface area contributed by atoms with Gasteiger partial charge >= 0.3 is 5.97 Å². The molecule has 0 fully saturated rings. The van der Waals surface area contributed by atoms with Gasteiger partial charge in [0.2, 0.25) is 0 Å². The van der Waals surface area contributed by atoms with Crippen LogP contribution in [0.5, 0.6) is 0 Å². The summed E-state index contributed by atoms with van der Waals surface area (Å²) in [5.74, 6) is -1.45. The molecule has 0 saturated heterocycles. The molecule has 2 unspecified atom stereocenters. The molecule has 21 heavy (non-hydrogen) atoms. The Kier molecular flexibility index (Phi) is 6.83. The van der Waals surface area contributed by atoms with E-state index in [4.69, 9.17) is 10.4 Å². The number of nitriles is 1. The van der Waals surface area contributed by atoms with E-state index < -0.39 is 5.97 Å². The molecule has 2 atom stereocenters. The van der Waals surface area contributed by atoms with E-state index in [0.717, 1.165) is 12.8 Å². The van der Waals surface area contributed by atoms with Gasteiger partial charge in [-0.3, -0.25) is 4.79 Å². The molecule has 0 heterocycles. The van der Waals surface area contributed by atoms with Gasteiger partial charge in [-0.05, 0) is 43.5 Å². The molecular weight excluding hydrogens is 271 g/mol. The number of rotatable bonds is 8. The molecule has 0 bridgehead atoms. The van der Waals surface area contributed by atoms with Crippen molar-refractivity contribution < 1.29 is 14.3 Å². The Morgan fingerprint density at radius 1 is 1.43 bits per heavy atom. The molecule has 2 N–H and O–H groups in total. The van der Waals surface area contributed by atoms with Crippen LogP contribution in [-0.4, -0.2) is 17.1 Å². The van der Waals surface area contributed by atoms with Crippen LogP contribution in [0.1, 0.15) is 44.2 Å². The Bertz CT molecular complexity index is 525. The second-order valence-corrected chi connectivity index (χ2v) is 5.37. The summed E-state index contributed by atoms with van der Waals surface area (Å²) in [5, 5.41) is 21.0. The van der Waals surface area contributed by atoms with Crippen molar-refractivity contribution in [1.29, 1.82) is 5.26 Å². The maximum Gasteiger partial charge on any atom is 0.306 e. The molecule has 114 valence electrons. The number of benzene rings is 1. The van der Waals surface area contributed by atoms with Crippen LogP contribution < -0.4 is 5.32 Å². The van der Waals surface area contributed by atoms with Gasteiger partial charge in [0.25, 0.3) is 0 Å². The van der Waals surface area contributed by atoms with Crippen molar-refractivity contribution in [2.24, 2.45) is 5.92 Å². The monoisotopic (exact) mass is 292 g/mol. The highest BCUT2D eigenvalue weighted by Crippen LogP contribution is 2.12. The zero-order valence-corrected chi connectivity index (χ0v) is 12.4. The minimum Gasteiger partial charge on any atom is -0.481 e. The van der Waals surface area contributed by atoms with Crippen LogP contribution in [0.2, 0.25) is 0 Å². The summed E-state index contributed by atoms with van der Waals surface area (Å²) < 4.78 is 13.2. The van der Waals surface area contributed by atoms with Crippen molar-refractivity contribution >= 4 is 5.97 Å². The van der Waals surface area contributed by atoms with Gasteiger partial charge < -0.3 is 10.4 Å². The number of carbonyl (C=O) groups is 1. The molecule has 1 rings (SSSR count). The Labute approximate surface area is 124 Å². The molecule has 4 nitrogen and oxygen atoms in total. The predicted molar refractivity (Wildman–Crippen MR) is 78.1 cm³/mol. The number of hydrogen-bond donors (Lipinski definition) is 2. The van der Waals surface area contributed by atoms with Crippen molar-refractivity contribution in [3.8, 4) is 6.07 Å². The SMILES string of the molecule is CC(CCCC(C)C(=O)O)NCc1cc(F)ccc1C#N. The number of nitrogens with one attached hydrogen (secondary N) is 1. The first-order chi connectivity index (χ1) is 9.93. The van der Waals surface area contributed by atoms with Crippen LogP contribution in [0.3, 0.4) is 0 Å². The van der Waals surface area contributed by atoms with Gasteiger partial charge in [-0.15, -0.1) is 0 Å². The van der Waals surface area contributed by atoms with Crippen LogP contribution in [0.15, 0.2) is 18.2 Å². The standard InChI is InChI=1S/C16H21FN2O2/c1-11(16(20)21)4-3-5-12(2)19-10-14-8-15(17)7-6-13(14)9-18/h6-8,11-12,19H,3-5,10H2,1-2H3,(H,20,21). The summed E-state index contributed by atoms with van der Waals surface area (Å²) in [7, 11) is 0. The minimum absolute atomic E-state index is 0.181. The number of carboxylic acid groups (broad SMARTS) is 1. The van der Waals surface area contributed by atoms with E-state index in [1.54, 1.807) is 6.92 Å². The Morgan fingerprint density at radius 3 is 2.76 bits per heavy atom. The summed E-state index contributed by atoms with van der Waals surface area (Å²) in [6.07, 6.45) is 2.30. The number of aliphatic carboxylic acids is 1. The van der Waals surface area contributed by atoms with Crippen molar-refractivity contribution in [2.45, 2.75) is 45.7 Å². The van der Waals surface area contributed by atoms with Crippen molar-refractivity contribution in [3.05, 3.63) is 35.1 Å². The van der Waals surface area contributed by atoms with Gasteiger partial charge in [-0.2, -0.15) is 5.26 Å². The van der Waals surface area contributed by atoms with Crippen LogP contribution in [0.4, 0.5) is 4.39 Å². The van der Waals surface area contributed by atoms with Gasteiger partial charge in [-0.1, -0.05) is 13.3 Å². The molecule has 0 amide bonds. The van der Waals surface area contributed by atoms with E-state index in [-0.39, 0.29) is 17.8 Å². The fourth-order valence-electron chi connectivity index (χ4n) is 2.06. The third-order valence-corrected chi connectivity index (χ3v) is 3.52. The lowest BCUT2D eigenvalue weighted by atomic mass is 10.0. The van der Waals surface area contributed by atoms with Gasteiger partial charge in [0.15, 0.2) is 0 Å². The van der Waals surface area contributed by atoms with Crippen LogP contribution in [0.25, 0.3) is 0 Å². The number of nitrogens with zero attached hydrogens (tertiary/aromatic N) is 1. The Morgan fingerprint density at radius 2 is 2.14 bits per heavy atom. The topological polar surface area (TPSA) is 73.1 Å². The fraction of sp³-hybridized carbons (Fsp3) is 0.500. The summed E-state index contributed by atoms with van der Waals surface area (Å²) >= 11 is 0. The number of halogens is 1. The Balaban J connectivity index is 2.40. The second kappa shape index (κ2) is 8.38. The molecule has 0 radical (unpaired) electrons. The molecule has 0 aliphatic carbocycles. The zero-order chi connectivity index (χ0) is 15.8. The maximum atomic E-state index is 13.2. The van der Waals surface area contributed by atoms with Crippen molar-refractivity contribution in [1.82, 2.24) is 5.32 Å². The summed E-state index contributed by atoms with van der Waals surface area (Å²) in [6.45, 7) is 4.12. The van der Waals surface area contributed by atoms with Crippen LogP contribution >= 0.6 is 0 Å². The highest BCUT2D eigenvalue weighted by Gasteiger charge is 2.11. The average molecular weight is 292 g/mol. The zero-order valence-electron chi connectivity index (χ0n) is 12.4. The van der Waals surface area contributed by atoms with Gasteiger partial charge in [0, 0.05) is 12.6 Å². The first-order valence-corrected chi connectivity index (χ1v) is 7.08. The summed E-state index contributed by atoms with van der Waals surface area (Å²) in [5.41, 5.74) is 1.11. The molecule has 1 aromatic carbocycles. The quantitative estimate of drug-likeness (QED) is 0.772. The highest BCUT2D eigenvalue weighted by molar-refractivity contribution is 5.69. The molecule has 0 spiro atoms. The molecule has 0 aliphatic heterocycles. The first-order valence-electron chi connectivity index (χ1n) is 7.08. The second-order valence-electron chi connectivity index (χ2n) is 5.37. The molecule has 0 aliphatic rings. The predicted octanol–water partition coefficient (Wildman–Crippen LogP) is 3.07. The van der Waals surface area contributed by atoms with E-state index >= 15 is 0 Å². The Hall–Kier alpha value is -1.93. The van der Waals surface area contributed by atoms with Gasteiger partial charge in [-0.25, -0.2) is 4.39 Å². The normalized spacial score (nSPS) is 13.4. The third kappa shape index (κ3) is 5.92. The van der Waals surface area contributed by atoms with Crippen LogP contribution in [0, 0.1) is 23.1 Å². The number of hydrogen-bond acceptors (Lipinski definition) is 3. The lowest BCUT2D eigenvalue weighted by molar-refractivity contribution is -0.141. The van der Waals surface area contributed by atoms with Crippen molar-refractivity contribution in [2.75, 3.05) is 0 Å². The van der Waals surface area contributed by atoms with Crippen molar-refractivity contribution in [3.63, 3.8) is 0 Å². The summed E-state index contributed by atoms with van der Waals surface area (Å²) in [6, 6.07) is 6.35. The van der Waals surface area contributed by atoms with E-state index in [2.05, 4.69) is 5.32 Å². The maximum absolute atomic E-state index is 13.2. The lowest BCUT2D eigenvalue weighted by Crippen LogP contribution is -2.26. The molecular formula is C16H21FN2O2. The largest absolute Gasteiger partial charge is 0.481 e. The first kappa shape index (κ1) is 17.1. The fourth-order valence-corrected chi connectivity index (χ4v) is 2.06. The highest BCUT2D eigenvalue weighted by atomic mass is 19.1. The average Bonchev–Trinajstić information content (AvgIpc) is 2.45. The molecule has 0 aromatic heterocycles. The molecule has 1 aromatic rings. The minimum atomic E-state index is -0.769.